The summed E-state index contributed by atoms with van der Waals surface area (Å²) < 4.78 is 0.869. The Hall–Kier alpha value is -1.12. The van der Waals surface area contributed by atoms with Gasteiger partial charge in [-0.25, -0.2) is 0 Å². The van der Waals surface area contributed by atoms with Crippen molar-refractivity contribution in [3.8, 4) is 0 Å². The predicted molar refractivity (Wildman–Crippen MR) is 83.0 cm³/mol. The third kappa shape index (κ3) is 3.46. The van der Waals surface area contributed by atoms with Crippen LogP contribution < -0.4 is 0 Å². The normalized spacial score (nSPS) is 10.5. The molecule has 19 heavy (non-hydrogen) atoms. The highest BCUT2D eigenvalue weighted by atomic mass is 79.9. The third-order valence-electron chi connectivity index (χ3n) is 2.90. The monoisotopic (exact) mass is 336 g/mol. The van der Waals surface area contributed by atoms with Crippen molar-refractivity contribution < 1.29 is 4.79 Å². The molecule has 2 aromatic carbocycles. The van der Waals surface area contributed by atoms with E-state index in [1.54, 1.807) is 12.1 Å². The summed E-state index contributed by atoms with van der Waals surface area (Å²) in [6.45, 7) is 2.13. The van der Waals surface area contributed by atoms with Crippen molar-refractivity contribution in [3.05, 3.63) is 68.7 Å². The van der Waals surface area contributed by atoms with E-state index in [0.29, 0.717) is 16.1 Å². The molecular weight excluding hydrogens is 324 g/mol. The Labute approximate surface area is 126 Å². The molecule has 0 fully saturated rings. The summed E-state index contributed by atoms with van der Waals surface area (Å²) in [7, 11) is 0. The number of aryl methyl sites for hydroxylation is 1. The van der Waals surface area contributed by atoms with Crippen LogP contribution in [0.2, 0.25) is 5.02 Å². The highest BCUT2D eigenvalue weighted by molar-refractivity contribution is 9.10. The molecule has 3 heteroatoms. The van der Waals surface area contributed by atoms with Gasteiger partial charge in [-0.2, -0.15) is 0 Å². The first-order valence-corrected chi connectivity index (χ1v) is 7.37. The lowest BCUT2D eigenvalue weighted by molar-refractivity contribution is 0.103. The van der Waals surface area contributed by atoms with Gasteiger partial charge in [0.2, 0.25) is 0 Å². The van der Waals surface area contributed by atoms with Gasteiger partial charge in [-0.05, 0) is 36.2 Å². The average Bonchev–Trinajstić information content (AvgIpc) is 2.39. The summed E-state index contributed by atoms with van der Waals surface area (Å²) in [5.74, 6) is -0.0320. The molecule has 0 heterocycles. The van der Waals surface area contributed by atoms with Crippen molar-refractivity contribution in [3.63, 3.8) is 0 Å². The van der Waals surface area contributed by atoms with Crippen molar-refractivity contribution in [2.45, 2.75) is 19.8 Å². The van der Waals surface area contributed by atoms with Crippen LogP contribution in [0.5, 0.6) is 0 Å². The van der Waals surface area contributed by atoms with E-state index in [1.807, 2.05) is 30.3 Å². The molecule has 0 aliphatic carbocycles. The number of halogens is 2. The number of carbonyl (C=O) groups excluding carboxylic acids is 1. The quantitative estimate of drug-likeness (QED) is 0.693. The minimum Gasteiger partial charge on any atom is -0.289 e. The highest BCUT2D eigenvalue weighted by Crippen LogP contribution is 2.24. The van der Waals surface area contributed by atoms with Gasteiger partial charge in [0.1, 0.15) is 0 Å². The van der Waals surface area contributed by atoms with Crippen molar-refractivity contribution >= 4 is 33.3 Å². The van der Waals surface area contributed by atoms with E-state index in [4.69, 9.17) is 11.6 Å². The molecule has 0 unspecified atom stereocenters. The molecule has 2 aromatic rings. The smallest absolute Gasteiger partial charge is 0.194 e. The number of rotatable bonds is 4. The minimum atomic E-state index is -0.0320. The standard InChI is InChI=1S/C16H14BrClO/c1-2-4-11-5-3-6-12(9-11)16(19)14-8-7-13(17)10-15(14)18/h3,5-10H,2,4H2,1H3. The van der Waals surface area contributed by atoms with Gasteiger partial charge in [0.05, 0.1) is 5.02 Å². The van der Waals surface area contributed by atoms with Gasteiger partial charge in [0.25, 0.3) is 0 Å². The topological polar surface area (TPSA) is 17.1 Å². The number of hydrogen-bond acceptors (Lipinski definition) is 1. The van der Waals surface area contributed by atoms with E-state index in [0.717, 1.165) is 17.3 Å². The molecule has 0 N–H and O–H groups in total. The second-order valence-electron chi connectivity index (χ2n) is 4.40. The fourth-order valence-corrected chi connectivity index (χ4v) is 2.75. The Morgan fingerprint density at radius 3 is 2.68 bits per heavy atom. The predicted octanol–water partition coefficient (Wildman–Crippen LogP) is 5.29. The molecule has 0 radical (unpaired) electrons. The van der Waals surface area contributed by atoms with E-state index >= 15 is 0 Å². The molecule has 0 amide bonds. The Balaban J connectivity index is 2.35. The molecule has 0 spiro atoms. The average molecular weight is 338 g/mol. The van der Waals surface area contributed by atoms with Gasteiger partial charge in [0, 0.05) is 15.6 Å². The molecular formula is C16H14BrClO. The van der Waals surface area contributed by atoms with Crippen molar-refractivity contribution in [2.24, 2.45) is 0 Å². The zero-order chi connectivity index (χ0) is 13.8. The molecule has 0 aliphatic heterocycles. The van der Waals surface area contributed by atoms with Crippen LogP contribution in [0.15, 0.2) is 46.9 Å². The van der Waals surface area contributed by atoms with Crippen LogP contribution in [0.25, 0.3) is 0 Å². The SMILES string of the molecule is CCCc1cccc(C(=O)c2ccc(Br)cc2Cl)c1. The molecule has 0 saturated heterocycles. The van der Waals surface area contributed by atoms with E-state index in [9.17, 15) is 4.79 Å². The fraction of sp³-hybridized carbons (Fsp3) is 0.188. The molecule has 0 saturated carbocycles. The summed E-state index contributed by atoms with van der Waals surface area (Å²) >= 11 is 9.46. The van der Waals surface area contributed by atoms with Gasteiger partial charge in [-0.1, -0.05) is 59.1 Å². The summed E-state index contributed by atoms with van der Waals surface area (Å²) in [6, 6.07) is 13.1. The van der Waals surface area contributed by atoms with Crippen LogP contribution >= 0.6 is 27.5 Å². The van der Waals surface area contributed by atoms with E-state index < -0.39 is 0 Å². The maximum absolute atomic E-state index is 12.4. The zero-order valence-electron chi connectivity index (χ0n) is 10.6. The molecule has 2 rings (SSSR count). The van der Waals surface area contributed by atoms with Gasteiger partial charge < -0.3 is 0 Å². The Morgan fingerprint density at radius 1 is 1.21 bits per heavy atom. The van der Waals surface area contributed by atoms with Gasteiger partial charge >= 0.3 is 0 Å². The first-order chi connectivity index (χ1) is 9.11. The van der Waals surface area contributed by atoms with Crippen molar-refractivity contribution in [1.29, 1.82) is 0 Å². The molecule has 0 bridgehead atoms. The van der Waals surface area contributed by atoms with E-state index in [1.165, 1.54) is 5.56 Å². The first-order valence-electron chi connectivity index (χ1n) is 6.20. The zero-order valence-corrected chi connectivity index (χ0v) is 13.0. The number of ketones is 1. The lowest BCUT2D eigenvalue weighted by Gasteiger charge is -2.06. The van der Waals surface area contributed by atoms with Crippen LogP contribution in [-0.2, 0) is 6.42 Å². The molecule has 0 aromatic heterocycles. The maximum Gasteiger partial charge on any atom is 0.194 e. The summed E-state index contributed by atoms with van der Waals surface area (Å²) in [4.78, 5) is 12.4. The lowest BCUT2D eigenvalue weighted by atomic mass is 10.00. The van der Waals surface area contributed by atoms with Crippen molar-refractivity contribution in [1.82, 2.24) is 0 Å². The largest absolute Gasteiger partial charge is 0.289 e. The van der Waals surface area contributed by atoms with Crippen LogP contribution in [0.1, 0.15) is 34.8 Å². The lowest BCUT2D eigenvalue weighted by Crippen LogP contribution is -2.03. The Bertz CT molecular complexity index is 607. The highest BCUT2D eigenvalue weighted by Gasteiger charge is 2.13. The van der Waals surface area contributed by atoms with Gasteiger partial charge in [-0.15, -0.1) is 0 Å². The molecule has 1 nitrogen and oxygen atoms in total. The second kappa shape index (κ2) is 6.36. The second-order valence-corrected chi connectivity index (χ2v) is 5.73. The van der Waals surface area contributed by atoms with Gasteiger partial charge in [0.15, 0.2) is 5.78 Å². The first kappa shape index (κ1) is 14.3. The maximum atomic E-state index is 12.4. The number of hydrogen-bond donors (Lipinski definition) is 0. The van der Waals surface area contributed by atoms with E-state index in [-0.39, 0.29) is 5.78 Å². The number of benzene rings is 2. The Kier molecular flexibility index (Phi) is 4.78. The number of carbonyl (C=O) groups is 1. The molecule has 0 atom stereocenters. The van der Waals surface area contributed by atoms with Crippen LogP contribution in [0, 0.1) is 0 Å². The molecule has 98 valence electrons. The summed E-state index contributed by atoms with van der Waals surface area (Å²) in [6.07, 6.45) is 2.05. The van der Waals surface area contributed by atoms with Crippen LogP contribution in [-0.4, -0.2) is 5.78 Å². The summed E-state index contributed by atoms with van der Waals surface area (Å²) in [5.41, 5.74) is 2.41. The molecule has 0 aliphatic rings. The van der Waals surface area contributed by atoms with E-state index in [2.05, 4.69) is 22.9 Å². The van der Waals surface area contributed by atoms with Crippen molar-refractivity contribution in [2.75, 3.05) is 0 Å². The van der Waals surface area contributed by atoms with Gasteiger partial charge in [-0.3, -0.25) is 4.79 Å². The fourth-order valence-electron chi connectivity index (χ4n) is 1.99. The van der Waals surface area contributed by atoms with Crippen LogP contribution in [0.3, 0.4) is 0 Å². The third-order valence-corrected chi connectivity index (χ3v) is 3.71. The minimum absolute atomic E-state index is 0.0320. The Morgan fingerprint density at radius 2 is 2.00 bits per heavy atom. The summed E-state index contributed by atoms with van der Waals surface area (Å²) in [5, 5.41) is 0.472. The van der Waals surface area contributed by atoms with Crippen LogP contribution in [0.4, 0.5) is 0 Å².